The van der Waals surface area contributed by atoms with E-state index < -0.39 is 30.4 Å². The molecule has 0 aromatic rings. The molecule has 4 atom stereocenters. The van der Waals surface area contributed by atoms with Crippen LogP contribution in [0.3, 0.4) is 0 Å². The zero-order chi connectivity index (χ0) is 13.4. The molecule has 0 saturated carbocycles. The number of aliphatic hydroxyl groups is 1. The maximum atomic E-state index is 11.0. The zero-order valence-corrected chi connectivity index (χ0v) is 10.5. The van der Waals surface area contributed by atoms with Crippen LogP contribution in [0.4, 0.5) is 0 Å². The number of carboxylic acids is 1. The summed E-state index contributed by atoms with van der Waals surface area (Å²) in [4.78, 5) is 11.0. The highest BCUT2D eigenvalue weighted by atomic mass is 16.6. The van der Waals surface area contributed by atoms with Crippen LogP contribution in [0.2, 0.25) is 0 Å². The Morgan fingerprint density at radius 1 is 1.00 bits per heavy atom. The summed E-state index contributed by atoms with van der Waals surface area (Å²) in [5.41, 5.74) is 0. The average Bonchev–Trinajstić information content (AvgIpc) is 2.33. The van der Waals surface area contributed by atoms with E-state index in [4.69, 9.17) is 29.2 Å². The number of hydrogen-bond acceptors (Lipinski definition) is 6. The summed E-state index contributed by atoms with van der Waals surface area (Å²) in [5.74, 6) is -1.17. The highest BCUT2D eigenvalue weighted by Crippen LogP contribution is 2.16. The third kappa shape index (κ3) is 4.21. The van der Waals surface area contributed by atoms with Crippen molar-refractivity contribution in [3.8, 4) is 0 Å². The Morgan fingerprint density at radius 2 is 1.53 bits per heavy atom. The summed E-state index contributed by atoms with van der Waals surface area (Å²) in [5, 5.41) is 18.1. The van der Waals surface area contributed by atoms with E-state index in [0.29, 0.717) is 0 Å². The van der Waals surface area contributed by atoms with E-state index in [-0.39, 0.29) is 6.61 Å². The van der Waals surface area contributed by atoms with Crippen molar-refractivity contribution in [1.29, 1.82) is 0 Å². The Kier molecular flexibility index (Phi) is 8.01. The molecule has 0 bridgehead atoms. The second kappa shape index (κ2) is 8.37. The standard InChI is InChI=1S/C10H20O7/c1-14-6(5-11)7(15-2)8(16-3)9(17-4)10(12)13/h6-9,11H,5H2,1-4H3,(H,12,13)/t6-,7+,8+,9-/m1/s1. The second-order valence-corrected chi connectivity index (χ2v) is 3.35. The molecule has 0 rings (SSSR count). The lowest BCUT2D eigenvalue weighted by atomic mass is 10.0. The molecule has 0 aliphatic rings. The van der Waals surface area contributed by atoms with Gasteiger partial charge < -0.3 is 29.2 Å². The van der Waals surface area contributed by atoms with Crippen LogP contribution in [0.1, 0.15) is 0 Å². The Morgan fingerprint density at radius 3 is 1.76 bits per heavy atom. The number of methoxy groups -OCH3 is 4. The van der Waals surface area contributed by atoms with Gasteiger partial charge in [0.1, 0.15) is 18.3 Å². The van der Waals surface area contributed by atoms with Gasteiger partial charge in [-0.05, 0) is 0 Å². The fourth-order valence-corrected chi connectivity index (χ4v) is 1.62. The van der Waals surface area contributed by atoms with Crippen LogP contribution in [-0.4, -0.2) is 75.6 Å². The molecular formula is C10H20O7. The van der Waals surface area contributed by atoms with Crippen LogP contribution < -0.4 is 0 Å². The number of aliphatic hydroxyl groups excluding tert-OH is 1. The largest absolute Gasteiger partial charge is 0.479 e. The minimum Gasteiger partial charge on any atom is -0.479 e. The quantitative estimate of drug-likeness (QED) is 0.550. The lowest BCUT2D eigenvalue weighted by Crippen LogP contribution is -2.51. The highest BCUT2D eigenvalue weighted by molar-refractivity contribution is 5.73. The average molecular weight is 252 g/mol. The van der Waals surface area contributed by atoms with Crippen LogP contribution in [0, 0.1) is 0 Å². The molecule has 7 heteroatoms. The fraction of sp³-hybridized carbons (Fsp3) is 0.900. The number of rotatable bonds is 9. The molecule has 0 spiro atoms. The van der Waals surface area contributed by atoms with E-state index in [0.717, 1.165) is 0 Å². The van der Waals surface area contributed by atoms with E-state index in [2.05, 4.69) is 0 Å². The summed E-state index contributed by atoms with van der Waals surface area (Å²) in [7, 11) is 5.38. The predicted octanol–water partition coefficient (Wildman–Crippen LogP) is -0.877. The van der Waals surface area contributed by atoms with E-state index in [1.165, 1.54) is 28.4 Å². The minimum atomic E-state index is -1.20. The van der Waals surface area contributed by atoms with Crippen molar-refractivity contribution in [1.82, 2.24) is 0 Å². The third-order valence-corrected chi connectivity index (χ3v) is 2.51. The van der Waals surface area contributed by atoms with Crippen molar-refractivity contribution in [3.05, 3.63) is 0 Å². The summed E-state index contributed by atoms with van der Waals surface area (Å²) in [6.07, 6.45) is -3.54. The van der Waals surface area contributed by atoms with Crippen molar-refractivity contribution in [2.75, 3.05) is 35.0 Å². The molecule has 0 heterocycles. The summed E-state index contributed by atoms with van der Waals surface area (Å²) in [6, 6.07) is 0. The molecule has 0 aromatic heterocycles. The van der Waals surface area contributed by atoms with Crippen molar-refractivity contribution in [3.63, 3.8) is 0 Å². The Labute approximate surface area is 100 Å². The molecule has 7 nitrogen and oxygen atoms in total. The number of aliphatic carboxylic acids is 1. The zero-order valence-electron chi connectivity index (χ0n) is 10.5. The third-order valence-electron chi connectivity index (χ3n) is 2.51. The lowest BCUT2D eigenvalue weighted by Gasteiger charge is -2.32. The van der Waals surface area contributed by atoms with E-state index in [9.17, 15) is 4.79 Å². The van der Waals surface area contributed by atoms with Gasteiger partial charge >= 0.3 is 5.97 Å². The van der Waals surface area contributed by atoms with Crippen LogP contribution in [-0.2, 0) is 23.7 Å². The van der Waals surface area contributed by atoms with Gasteiger partial charge in [-0.3, -0.25) is 0 Å². The van der Waals surface area contributed by atoms with Crippen molar-refractivity contribution < 1.29 is 34.0 Å². The van der Waals surface area contributed by atoms with Gasteiger partial charge in [0.2, 0.25) is 0 Å². The van der Waals surface area contributed by atoms with Gasteiger partial charge in [0.05, 0.1) is 6.61 Å². The lowest BCUT2D eigenvalue weighted by molar-refractivity contribution is -0.179. The first-order valence-corrected chi connectivity index (χ1v) is 5.02. The second-order valence-electron chi connectivity index (χ2n) is 3.35. The van der Waals surface area contributed by atoms with Gasteiger partial charge in [-0.25, -0.2) is 4.79 Å². The number of carbonyl (C=O) groups is 1. The smallest absolute Gasteiger partial charge is 0.335 e. The highest BCUT2D eigenvalue weighted by Gasteiger charge is 2.39. The molecule has 0 aromatic carbocycles. The van der Waals surface area contributed by atoms with E-state index in [1.54, 1.807) is 0 Å². The van der Waals surface area contributed by atoms with Gasteiger partial charge in [0.15, 0.2) is 6.10 Å². The molecule has 102 valence electrons. The maximum Gasteiger partial charge on any atom is 0.335 e. The van der Waals surface area contributed by atoms with Crippen LogP contribution in [0.5, 0.6) is 0 Å². The molecule has 0 amide bonds. The molecule has 0 aliphatic carbocycles. The molecule has 0 unspecified atom stereocenters. The molecule has 0 fully saturated rings. The van der Waals surface area contributed by atoms with Gasteiger partial charge in [-0.1, -0.05) is 0 Å². The fourth-order valence-electron chi connectivity index (χ4n) is 1.62. The number of hydrogen-bond donors (Lipinski definition) is 2. The maximum absolute atomic E-state index is 11.0. The summed E-state index contributed by atoms with van der Waals surface area (Å²) in [6.45, 7) is -0.315. The monoisotopic (exact) mass is 252 g/mol. The van der Waals surface area contributed by atoms with E-state index in [1.807, 2.05) is 0 Å². The normalized spacial score (nSPS) is 18.4. The van der Waals surface area contributed by atoms with Crippen molar-refractivity contribution in [2.24, 2.45) is 0 Å². The van der Waals surface area contributed by atoms with Crippen molar-refractivity contribution in [2.45, 2.75) is 24.4 Å². The van der Waals surface area contributed by atoms with Crippen LogP contribution in [0.25, 0.3) is 0 Å². The van der Waals surface area contributed by atoms with Crippen LogP contribution >= 0.6 is 0 Å². The van der Waals surface area contributed by atoms with Crippen LogP contribution in [0.15, 0.2) is 0 Å². The first-order valence-electron chi connectivity index (χ1n) is 5.02. The molecule has 0 radical (unpaired) electrons. The number of ether oxygens (including phenoxy) is 4. The number of carboxylic acid groups (broad SMARTS) is 1. The Bertz CT molecular complexity index is 217. The SMILES string of the molecule is CO[C@H]([C@H](OC)[C@@H](OC)C(=O)O)[C@@H](CO)OC. The molecule has 17 heavy (non-hydrogen) atoms. The van der Waals surface area contributed by atoms with Gasteiger partial charge in [0, 0.05) is 28.4 Å². The molecule has 0 saturated heterocycles. The first-order chi connectivity index (χ1) is 8.06. The molecule has 2 N–H and O–H groups in total. The van der Waals surface area contributed by atoms with Gasteiger partial charge in [0.25, 0.3) is 0 Å². The summed E-state index contributed by atoms with van der Waals surface area (Å²) >= 11 is 0. The first kappa shape index (κ1) is 16.3. The predicted molar refractivity (Wildman–Crippen MR) is 57.9 cm³/mol. The molecule has 0 aliphatic heterocycles. The van der Waals surface area contributed by atoms with Gasteiger partial charge in [-0.15, -0.1) is 0 Å². The van der Waals surface area contributed by atoms with E-state index >= 15 is 0 Å². The molecular weight excluding hydrogens is 232 g/mol. The Balaban J connectivity index is 4.95. The Hall–Kier alpha value is -0.730. The minimum absolute atomic E-state index is 0.315. The summed E-state index contributed by atoms with van der Waals surface area (Å²) < 4.78 is 20.1. The topological polar surface area (TPSA) is 94.5 Å². The van der Waals surface area contributed by atoms with Gasteiger partial charge in [-0.2, -0.15) is 0 Å². The van der Waals surface area contributed by atoms with Crippen molar-refractivity contribution >= 4 is 5.97 Å².